The minimum Gasteiger partial charge on any atom is -0.456 e. The first-order valence-corrected chi connectivity index (χ1v) is 7.25. The molecule has 0 aliphatic heterocycles. The maximum Gasteiger partial charge on any atom is 0.339 e. The van der Waals surface area contributed by atoms with Crippen molar-refractivity contribution in [3.8, 4) is 0 Å². The molecule has 1 aromatic rings. The Morgan fingerprint density at radius 3 is 2.20 bits per heavy atom. The number of carbonyl (C=O) groups is 1. The number of carbonyl (C=O) groups excluding carboxylic acids is 1. The minimum atomic E-state index is -0.565. The van der Waals surface area contributed by atoms with Gasteiger partial charge in [-0.3, -0.25) is 0 Å². The lowest BCUT2D eigenvalue weighted by Gasteiger charge is -2.22. The lowest BCUT2D eigenvalue weighted by Crippen LogP contribution is -2.25. The van der Waals surface area contributed by atoms with Crippen LogP contribution in [0.25, 0.3) is 10.4 Å². The highest BCUT2D eigenvalue weighted by Gasteiger charge is 2.24. The van der Waals surface area contributed by atoms with Gasteiger partial charge in [-0.15, -0.1) is 0 Å². The first-order valence-electron chi connectivity index (χ1n) is 6.17. The molecule has 108 valence electrons. The molecule has 0 radical (unpaired) electrons. The summed E-state index contributed by atoms with van der Waals surface area (Å²) in [5, 5.41) is 3.72. The van der Waals surface area contributed by atoms with E-state index in [0.29, 0.717) is 16.8 Å². The SMILES string of the molecule is Cc1c(I)c(C)c(C(=O)OC(C)(C)C)c(C)c1N=[N+]=[N-]. The van der Waals surface area contributed by atoms with Crippen LogP contribution in [0.1, 0.15) is 47.8 Å². The van der Waals surface area contributed by atoms with Crippen LogP contribution in [0.2, 0.25) is 0 Å². The molecule has 5 nitrogen and oxygen atoms in total. The van der Waals surface area contributed by atoms with Crippen molar-refractivity contribution < 1.29 is 9.53 Å². The van der Waals surface area contributed by atoms with Gasteiger partial charge in [-0.25, -0.2) is 4.79 Å². The van der Waals surface area contributed by atoms with Gasteiger partial charge in [-0.05, 0) is 86.4 Å². The summed E-state index contributed by atoms with van der Waals surface area (Å²) in [7, 11) is 0. The van der Waals surface area contributed by atoms with Crippen molar-refractivity contribution in [2.45, 2.75) is 47.1 Å². The first-order chi connectivity index (χ1) is 9.10. The van der Waals surface area contributed by atoms with E-state index in [0.717, 1.165) is 14.7 Å². The zero-order chi connectivity index (χ0) is 15.7. The molecular weight excluding hydrogens is 369 g/mol. The summed E-state index contributed by atoms with van der Waals surface area (Å²) < 4.78 is 6.35. The predicted octanol–water partition coefficient (Wildman–Crippen LogP) is 5.11. The molecule has 0 atom stereocenters. The van der Waals surface area contributed by atoms with Gasteiger partial charge in [0.15, 0.2) is 0 Å². The summed E-state index contributed by atoms with van der Waals surface area (Å²) in [4.78, 5) is 15.2. The highest BCUT2D eigenvalue weighted by Crippen LogP contribution is 2.35. The van der Waals surface area contributed by atoms with Gasteiger partial charge in [0, 0.05) is 14.2 Å². The number of esters is 1. The average molecular weight is 387 g/mol. The molecule has 20 heavy (non-hydrogen) atoms. The van der Waals surface area contributed by atoms with Gasteiger partial charge in [0.2, 0.25) is 0 Å². The van der Waals surface area contributed by atoms with Crippen LogP contribution in [0.4, 0.5) is 5.69 Å². The van der Waals surface area contributed by atoms with Crippen molar-refractivity contribution in [1.29, 1.82) is 0 Å². The second-order valence-corrected chi connectivity index (χ2v) is 6.68. The van der Waals surface area contributed by atoms with Gasteiger partial charge >= 0.3 is 5.97 Å². The van der Waals surface area contributed by atoms with E-state index in [1.807, 2.05) is 34.6 Å². The quantitative estimate of drug-likeness (QED) is 0.232. The largest absolute Gasteiger partial charge is 0.456 e. The van der Waals surface area contributed by atoms with Crippen molar-refractivity contribution in [2.75, 3.05) is 0 Å². The van der Waals surface area contributed by atoms with Gasteiger partial charge in [0.05, 0.1) is 5.56 Å². The number of ether oxygens (including phenoxy) is 1. The van der Waals surface area contributed by atoms with Gasteiger partial charge in [0.25, 0.3) is 0 Å². The third-order valence-corrected chi connectivity index (χ3v) is 4.48. The Kier molecular flexibility index (Phi) is 5.05. The first kappa shape index (κ1) is 16.8. The second-order valence-electron chi connectivity index (χ2n) is 5.60. The summed E-state index contributed by atoms with van der Waals surface area (Å²) in [6.07, 6.45) is 0. The monoisotopic (exact) mass is 387 g/mol. The van der Waals surface area contributed by atoms with Crippen LogP contribution < -0.4 is 0 Å². The molecule has 0 unspecified atom stereocenters. The Morgan fingerprint density at radius 1 is 1.20 bits per heavy atom. The number of halogens is 1. The molecule has 0 fully saturated rings. The van der Waals surface area contributed by atoms with E-state index < -0.39 is 5.60 Å². The molecule has 0 N–H and O–H groups in total. The fourth-order valence-corrected chi connectivity index (χ4v) is 2.53. The number of rotatable bonds is 2. The van der Waals surface area contributed by atoms with Gasteiger partial charge in [0.1, 0.15) is 5.60 Å². The highest BCUT2D eigenvalue weighted by atomic mass is 127. The number of nitrogens with zero attached hydrogens (tertiary/aromatic N) is 3. The van der Waals surface area contributed by atoms with Gasteiger partial charge < -0.3 is 4.74 Å². The third-order valence-electron chi connectivity index (χ3n) is 2.87. The lowest BCUT2D eigenvalue weighted by molar-refractivity contribution is 0.00679. The normalized spacial score (nSPS) is 10.9. The molecule has 0 saturated heterocycles. The van der Waals surface area contributed by atoms with Gasteiger partial charge in [-0.2, -0.15) is 0 Å². The number of hydrogen-bond donors (Lipinski definition) is 0. The zero-order valence-corrected chi connectivity index (χ0v) is 14.7. The van der Waals surface area contributed by atoms with Crippen LogP contribution in [0.15, 0.2) is 5.11 Å². The predicted molar refractivity (Wildman–Crippen MR) is 87.3 cm³/mol. The summed E-state index contributed by atoms with van der Waals surface area (Å²) in [5.74, 6) is -0.389. The van der Waals surface area contributed by atoms with E-state index in [1.165, 1.54) is 0 Å². The molecule has 0 saturated carbocycles. The fourth-order valence-electron chi connectivity index (χ4n) is 2.01. The summed E-state index contributed by atoms with van der Waals surface area (Å²) in [6.45, 7) is 11.0. The Morgan fingerprint density at radius 2 is 1.75 bits per heavy atom. The van der Waals surface area contributed by atoms with Crippen LogP contribution in [0, 0.1) is 24.3 Å². The topological polar surface area (TPSA) is 75.1 Å². The number of benzene rings is 1. The van der Waals surface area contributed by atoms with Crippen molar-refractivity contribution in [3.63, 3.8) is 0 Å². The number of azide groups is 1. The van der Waals surface area contributed by atoms with E-state index in [2.05, 4.69) is 32.6 Å². The van der Waals surface area contributed by atoms with E-state index >= 15 is 0 Å². The van der Waals surface area contributed by atoms with Crippen LogP contribution in [0.5, 0.6) is 0 Å². The minimum absolute atomic E-state index is 0.389. The van der Waals surface area contributed by atoms with Crippen molar-refractivity contribution in [2.24, 2.45) is 5.11 Å². The van der Waals surface area contributed by atoms with Crippen molar-refractivity contribution in [1.82, 2.24) is 0 Å². The van der Waals surface area contributed by atoms with E-state index in [9.17, 15) is 4.79 Å². The Balaban J connectivity index is 3.55. The average Bonchev–Trinajstić information content (AvgIpc) is 2.30. The molecular formula is C14H18IN3O2. The molecule has 0 spiro atoms. The number of hydrogen-bond acceptors (Lipinski definition) is 3. The lowest BCUT2D eigenvalue weighted by atomic mass is 9.97. The fraction of sp³-hybridized carbons (Fsp3) is 0.500. The molecule has 0 amide bonds. The Bertz CT molecular complexity index is 612. The Hall–Kier alpha value is -1.27. The van der Waals surface area contributed by atoms with Crippen LogP contribution in [-0.4, -0.2) is 11.6 Å². The maximum atomic E-state index is 12.4. The highest BCUT2D eigenvalue weighted by molar-refractivity contribution is 14.1. The molecule has 0 bridgehead atoms. The van der Waals surface area contributed by atoms with Gasteiger partial charge in [-0.1, -0.05) is 5.11 Å². The molecule has 1 rings (SSSR count). The summed E-state index contributed by atoms with van der Waals surface area (Å²) in [5.41, 5.74) is 11.5. The standard InChI is InChI=1S/C14H18IN3O2/c1-7-10(13(19)20-14(4,5)6)8(2)12(17-18-16)9(3)11(7)15/h1-6H3. The molecule has 1 aromatic carbocycles. The van der Waals surface area contributed by atoms with Crippen LogP contribution in [0.3, 0.4) is 0 Å². The summed E-state index contributed by atoms with van der Waals surface area (Å²) in [6, 6.07) is 0. The summed E-state index contributed by atoms with van der Waals surface area (Å²) >= 11 is 2.16. The third kappa shape index (κ3) is 3.43. The van der Waals surface area contributed by atoms with Crippen molar-refractivity contribution in [3.05, 3.63) is 36.3 Å². The van der Waals surface area contributed by atoms with E-state index in [-0.39, 0.29) is 5.97 Å². The van der Waals surface area contributed by atoms with Crippen LogP contribution >= 0.6 is 22.6 Å². The van der Waals surface area contributed by atoms with Crippen molar-refractivity contribution >= 4 is 34.2 Å². The van der Waals surface area contributed by atoms with Crippen LogP contribution in [-0.2, 0) is 4.74 Å². The molecule has 0 aliphatic rings. The zero-order valence-electron chi connectivity index (χ0n) is 12.5. The van der Waals surface area contributed by atoms with E-state index in [4.69, 9.17) is 10.3 Å². The second kappa shape index (κ2) is 6.01. The smallest absolute Gasteiger partial charge is 0.339 e. The Labute approximate surface area is 132 Å². The molecule has 6 heteroatoms. The maximum absolute atomic E-state index is 12.4. The molecule has 0 aromatic heterocycles. The van der Waals surface area contributed by atoms with E-state index in [1.54, 1.807) is 6.92 Å². The molecule has 0 aliphatic carbocycles. The molecule has 0 heterocycles.